The zero-order valence-electron chi connectivity index (χ0n) is 8.91. The fourth-order valence-electron chi connectivity index (χ4n) is 3.62. The first-order valence-electron chi connectivity index (χ1n) is 5.93. The van der Waals surface area contributed by atoms with Gasteiger partial charge < -0.3 is 5.11 Å². The van der Waals surface area contributed by atoms with Crippen molar-refractivity contribution in [1.82, 2.24) is 0 Å². The van der Waals surface area contributed by atoms with Crippen LogP contribution in [-0.4, -0.2) is 11.1 Å². The van der Waals surface area contributed by atoms with Crippen LogP contribution in [0.5, 0.6) is 0 Å². The maximum Gasteiger partial charge on any atom is 0.306 e. The Morgan fingerprint density at radius 2 is 1.86 bits per heavy atom. The highest BCUT2D eigenvalue weighted by molar-refractivity contribution is 5.69. The van der Waals surface area contributed by atoms with Crippen molar-refractivity contribution in [2.45, 2.75) is 45.4 Å². The first kappa shape index (κ1) is 10.0. The van der Waals surface area contributed by atoms with Crippen LogP contribution >= 0.6 is 0 Å². The number of carboxylic acids is 1. The lowest BCUT2D eigenvalue weighted by Crippen LogP contribution is -2.32. The van der Waals surface area contributed by atoms with E-state index in [-0.39, 0.29) is 5.92 Å². The van der Waals surface area contributed by atoms with Gasteiger partial charge in [0.2, 0.25) is 0 Å². The highest BCUT2D eigenvalue weighted by atomic mass is 16.4. The molecular weight excluding hydrogens is 176 g/mol. The number of hydrogen-bond acceptors (Lipinski definition) is 1. The molecule has 4 unspecified atom stereocenters. The summed E-state index contributed by atoms with van der Waals surface area (Å²) >= 11 is 0. The van der Waals surface area contributed by atoms with E-state index >= 15 is 0 Å². The van der Waals surface area contributed by atoms with E-state index < -0.39 is 5.97 Å². The molecule has 2 saturated carbocycles. The first-order valence-corrected chi connectivity index (χ1v) is 5.93. The molecule has 0 aliphatic heterocycles. The highest BCUT2D eigenvalue weighted by Crippen LogP contribution is 2.47. The summed E-state index contributed by atoms with van der Waals surface area (Å²) in [7, 11) is 0. The van der Waals surface area contributed by atoms with Crippen molar-refractivity contribution in [3.63, 3.8) is 0 Å². The smallest absolute Gasteiger partial charge is 0.306 e. The van der Waals surface area contributed by atoms with E-state index in [0.717, 1.165) is 18.3 Å². The highest BCUT2D eigenvalue weighted by Gasteiger charge is 2.40. The normalized spacial score (nSPS) is 39.1. The van der Waals surface area contributed by atoms with Crippen molar-refractivity contribution >= 4 is 5.97 Å². The lowest BCUT2D eigenvalue weighted by Gasteiger charge is -2.36. The molecule has 2 nitrogen and oxygen atoms in total. The molecule has 0 aromatic rings. The average molecular weight is 196 g/mol. The van der Waals surface area contributed by atoms with Gasteiger partial charge in [-0.05, 0) is 30.6 Å². The predicted octanol–water partition coefficient (Wildman–Crippen LogP) is 2.92. The average Bonchev–Trinajstić information content (AvgIpc) is 2.63. The van der Waals surface area contributed by atoms with Crippen molar-refractivity contribution in [2.24, 2.45) is 23.7 Å². The minimum absolute atomic E-state index is 0.124. The molecule has 2 heteroatoms. The second-order valence-corrected chi connectivity index (χ2v) is 5.08. The van der Waals surface area contributed by atoms with Crippen molar-refractivity contribution in [2.75, 3.05) is 0 Å². The van der Waals surface area contributed by atoms with Gasteiger partial charge in [-0.15, -0.1) is 0 Å². The van der Waals surface area contributed by atoms with Crippen LogP contribution in [0.25, 0.3) is 0 Å². The van der Waals surface area contributed by atoms with Gasteiger partial charge in [-0.3, -0.25) is 4.79 Å². The third-order valence-corrected chi connectivity index (χ3v) is 4.41. The molecule has 0 spiro atoms. The minimum atomic E-state index is -0.595. The van der Waals surface area contributed by atoms with Gasteiger partial charge >= 0.3 is 5.97 Å². The number of fused-ring (bicyclic) bond motifs is 1. The van der Waals surface area contributed by atoms with E-state index in [1.165, 1.54) is 32.1 Å². The zero-order valence-corrected chi connectivity index (χ0v) is 8.91. The quantitative estimate of drug-likeness (QED) is 0.737. The van der Waals surface area contributed by atoms with Gasteiger partial charge in [0.1, 0.15) is 0 Å². The maximum atomic E-state index is 11.0. The molecule has 14 heavy (non-hydrogen) atoms. The summed E-state index contributed by atoms with van der Waals surface area (Å²) in [6.07, 6.45) is 7.73. The summed E-state index contributed by atoms with van der Waals surface area (Å²) in [5, 5.41) is 9.05. The van der Waals surface area contributed by atoms with E-state index in [9.17, 15) is 4.79 Å². The molecule has 4 atom stereocenters. The molecule has 2 rings (SSSR count). The van der Waals surface area contributed by atoms with Gasteiger partial charge in [0.05, 0.1) is 5.92 Å². The van der Waals surface area contributed by atoms with Crippen molar-refractivity contribution < 1.29 is 9.90 Å². The summed E-state index contributed by atoms with van der Waals surface area (Å²) in [5.74, 6) is 1.34. The van der Waals surface area contributed by atoms with Crippen LogP contribution in [0.15, 0.2) is 0 Å². The molecule has 0 saturated heterocycles. The largest absolute Gasteiger partial charge is 0.481 e. The lowest BCUT2D eigenvalue weighted by atomic mass is 9.69. The molecule has 1 N–H and O–H groups in total. The number of hydrogen-bond donors (Lipinski definition) is 1. The molecule has 2 fully saturated rings. The van der Waals surface area contributed by atoms with Crippen LogP contribution < -0.4 is 0 Å². The second kappa shape index (κ2) is 3.92. The molecule has 0 bridgehead atoms. The third kappa shape index (κ3) is 1.67. The molecule has 0 heterocycles. The van der Waals surface area contributed by atoms with Crippen molar-refractivity contribution in [3.8, 4) is 0 Å². The molecule has 0 aromatic carbocycles. The molecule has 0 aromatic heterocycles. The Hall–Kier alpha value is -0.530. The molecule has 0 radical (unpaired) electrons. The van der Waals surface area contributed by atoms with E-state index in [2.05, 4.69) is 0 Å². The Bertz CT molecular complexity index is 224. The third-order valence-electron chi connectivity index (χ3n) is 4.41. The van der Waals surface area contributed by atoms with E-state index in [1.807, 2.05) is 6.92 Å². The summed E-state index contributed by atoms with van der Waals surface area (Å²) in [6, 6.07) is 0. The SMILES string of the molecule is CC(C(=O)O)C1CCCC2CCCC21. The van der Waals surface area contributed by atoms with E-state index in [0.29, 0.717) is 5.92 Å². The van der Waals surface area contributed by atoms with Gasteiger partial charge in [-0.1, -0.05) is 32.6 Å². The summed E-state index contributed by atoms with van der Waals surface area (Å²) in [4.78, 5) is 11.0. The van der Waals surface area contributed by atoms with Crippen LogP contribution in [0, 0.1) is 23.7 Å². The molecule has 2 aliphatic rings. The number of carbonyl (C=O) groups is 1. The Balaban J connectivity index is 2.06. The number of aliphatic carboxylic acids is 1. The Morgan fingerprint density at radius 3 is 2.50 bits per heavy atom. The van der Waals surface area contributed by atoms with E-state index in [4.69, 9.17) is 5.11 Å². The van der Waals surface area contributed by atoms with Crippen LogP contribution in [-0.2, 0) is 4.79 Å². The van der Waals surface area contributed by atoms with Gasteiger partial charge in [-0.25, -0.2) is 0 Å². The van der Waals surface area contributed by atoms with Gasteiger partial charge in [0.15, 0.2) is 0 Å². The predicted molar refractivity (Wildman–Crippen MR) is 55.0 cm³/mol. The molecule has 80 valence electrons. The Labute approximate surface area is 85.7 Å². The Morgan fingerprint density at radius 1 is 1.21 bits per heavy atom. The molecular formula is C12H20O2. The van der Waals surface area contributed by atoms with Crippen LogP contribution in [0.1, 0.15) is 45.4 Å². The van der Waals surface area contributed by atoms with Crippen LogP contribution in [0.4, 0.5) is 0 Å². The summed E-state index contributed by atoms with van der Waals surface area (Å²) in [5.41, 5.74) is 0. The van der Waals surface area contributed by atoms with E-state index in [1.54, 1.807) is 0 Å². The minimum Gasteiger partial charge on any atom is -0.481 e. The first-order chi connectivity index (χ1) is 6.70. The Kier molecular flexibility index (Phi) is 2.80. The fraction of sp³-hybridized carbons (Fsp3) is 0.917. The molecule has 0 amide bonds. The molecule has 2 aliphatic carbocycles. The van der Waals surface area contributed by atoms with Gasteiger partial charge in [0.25, 0.3) is 0 Å². The van der Waals surface area contributed by atoms with Gasteiger partial charge in [-0.2, -0.15) is 0 Å². The van der Waals surface area contributed by atoms with Gasteiger partial charge in [0, 0.05) is 0 Å². The standard InChI is InChI=1S/C12H20O2/c1-8(12(13)14)10-6-2-4-9-5-3-7-11(9)10/h8-11H,2-7H2,1H3,(H,13,14). The maximum absolute atomic E-state index is 11.0. The zero-order chi connectivity index (χ0) is 10.1. The second-order valence-electron chi connectivity index (χ2n) is 5.08. The van der Waals surface area contributed by atoms with Crippen LogP contribution in [0.3, 0.4) is 0 Å². The van der Waals surface area contributed by atoms with Crippen molar-refractivity contribution in [3.05, 3.63) is 0 Å². The topological polar surface area (TPSA) is 37.3 Å². The lowest BCUT2D eigenvalue weighted by molar-refractivity contribution is -0.144. The monoisotopic (exact) mass is 196 g/mol. The fourth-order valence-corrected chi connectivity index (χ4v) is 3.62. The summed E-state index contributed by atoms with van der Waals surface area (Å²) in [6.45, 7) is 1.90. The number of rotatable bonds is 2. The van der Waals surface area contributed by atoms with Crippen LogP contribution in [0.2, 0.25) is 0 Å². The van der Waals surface area contributed by atoms with Crippen molar-refractivity contribution in [1.29, 1.82) is 0 Å². The summed E-state index contributed by atoms with van der Waals surface area (Å²) < 4.78 is 0. The number of carboxylic acid groups (broad SMARTS) is 1.